The van der Waals surface area contributed by atoms with Crippen LogP contribution < -0.4 is 4.74 Å². The van der Waals surface area contributed by atoms with E-state index in [4.69, 9.17) is 16.3 Å². The normalized spacial score (nSPS) is 10.5. The molecule has 0 spiro atoms. The molecule has 100 valence electrons. The van der Waals surface area contributed by atoms with Crippen LogP contribution in [-0.4, -0.2) is 21.9 Å². The van der Waals surface area contributed by atoms with Crippen molar-refractivity contribution in [2.45, 2.75) is 0 Å². The van der Waals surface area contributed by atoms with Gasteiger partial charge in [-0.05, 0) is 30.3 Å². The third kappa shape index (κ3) is 2.26. The lowest BCUT2D eigenvalue weighted by Crippen LogP contribution is -1.97. The van der Waals surface area contributed by atoms with E-state index in [1.165, 1.54) is 0 Å². The largest absolute Gasteiger partial charge is 0.496 e. The summed E-state index contributed by atoms with van der Waals surface area (Å²) >= 11 is 5.99. The number of benzene rings is 2. The van der Waals surface area contributed by atoms with Gasteiger partial charge in [0.25, 0.3) is 0 Å². The molecule has 2 aromatic carbocycles. The van der Waals surface area contributed by atoms with Gasteiger partial charge >= 0.3 is 0 Å². The van der Waals surface area contributed by atoms with Crippen LogP contribution in [0.5, 0.6) is 5.75 Å². The van der Waals surface area contributed by atoms with Crippen LogP contribution in [0, 0.1) is 0 Å². The van der Waals surface area contributed by atoms with Crippen molar-refractivity contribution in [3.05, 3.63) is 59.9 Å². The Kier molecular flexibility index (Phi) is 3.39. The maximum atomic E-state index is 5.99. The molecule has 0 aliphatic heterocycles. The molecule has 0 fully saturated rings. The van der Waals surface area contributed by atoms with Gasteiger partial charge in [-0.2, -0.15) is 0 Å². The number of halogens is 1. The summed E-state index contributed by atoms with van der Waals surface area (Å²) in [6, 6.07) is 15.4. The fourth-order valence-corrected chi connectivity index (χ4v) is 2.21. The van der Waals surface area contributed by atoms with E-state index in [0.29, 0.717) is 16.6 Å². The van der Waals surface area contributed by atoms with Gasteiger partial charge in [0.1, 0.15) is 12.1 Å². The minimum atomic E-state index is 0.622. The van der Waals surface area contributed by atoms with Crippen molar-refractivity contribution in [2.75, 3.05) is 7.11 Å². The van der Waals surface area contributed by atoms with E-state index in [1.54, 1.807) is 19.5 Å². The number of rotatable bonds is 3. The topological polar surface area (TPSA) is 39.9 Å². The number of hydrogen-bond donors (Lipinski definition) is 0. The Bertz CT molecular complexity index is 725. The molecule has 0 bridgehead atoms. The highest BCUT2D eigenvalue weighted by Gasteiger charge is 2.14. The molecule has 20 heavy (non-hydrogen) atoms. The average molecular weight is 286 g/mol. The van der Waals surface area contributed by atoms with E-state index >= 15 is 0 Å². The van der Waals surface area contributed by atoms with Gasteiger partial charge in [-0.1, -0.05) is 29.8 Å². The first-order valence-electron chi connectivity index (χ1n) is 6.09. The van der Waals surface area contributed by atoms with Crippen molar-refractivity contribution in [3.63, 3.8) is 0 Å². The summed E-state index contributed by atoms with van der Waals surface area (Å²) in [5.74, 6) is 1.38. The molecule has 0 radical (unpaired) electrons. The highest BCUT2D eigenvalue weighted by molar-refractivity contribution is 6.30. The Hall–Kier alpha value is -2.33. The summed E-state index contributed by atoms with van der Waals surface area (Å²) in [4.78, 5) is 0. The predicted octanol–water partition coefficient (Wildman–Crippen LogP) is 3.60. The third-order valence-corrected chi connectivity index (χ3v) is 3.22. The monoisotopic (exact) mass is 285 g/mol. The van der Waals surface area contributed by atoms with E-state index in [1.807, 2.05) is 47.0 Å². The van der Waals surface area contributed by atoms with Crippen molar-refractivity contribution in [3.8, 4) is 22.8 Å². The molecule has 0 aliphatic rings. The zero-order valence-corrected chi connectivity index (χ0v) is 11.6. The molecule has 1 heterocycles. The zero-order chi connectivity index (χ0) is 13.9. The first-order chi connectivity index (χ1) is 9.79. The maximum Gasteiger partial charge on any atom is 0.172 e. The molecule has 0 saturated heterocycles. The van der Waals surface area contributed by atoms with Crippen LogP contribution in [0.2, 0.25) is 5.02 Å². The molecule has 0 atom stereocenters. The van der Waals surface area contributed by atoms with Gasteiger partial charge in [0.05, 0.1) is 12.7 Å². The summed E-state index contributed by atoms with van der Waals surface area (Å²) in [6.45, 7) is 0. The fraction of sp³-hybridized carbons (Fsp3) is 0.0667. The molecule has 5 heteroatoms. The lowest BCUT2D eigenvalue weighted by Gasteiger charge is -2.10. The van der Waals surface area contributed by atoms with Crippen LogP contribution >= 0.6 is 11.6 Å². The van der Waals surface area contributed by atoms with E-state index < -0.39 is 0 Å². The Morgan fingerprint density at radius 1 is 1.10 bits per heavy atom. The van der Waals surface area contributed by atoms with Gasteiger partial charge in [-0.15, -0.1) is 10.2 Å². The summed E-state index contributed by atoms with van der Waals surface area (Å²) in [6.07, 6.45) is 1.68. The Morgan fingerprint density at radius 3 is 2.65 bits per heavy atom. The molecule has 3 aromatic rings. The van der Waals surface area contributed by atoms with Crippen molar-refractivity contribution in [2.24, 2.45) is 0 Å². The number of hydrogen-bond acceptors (Lipinski definition) is 3. The zero-order valence-electron chi connectivity index (χ0n) is 10.8. The molecule has 3 rings (SSSR count). The van der Waals surface area contributed by atoms with Gasteiger partial charge in [-0.25, -0.2) is 0 Å². The second-order valence-corrected chi connectivity index (χ2v) is 4.64. The van der Waals surface area contributed by atoms with E-state index in [-0.39, 0.29) is 0 Å². The number of methoxy groups -OCH3 is 1. The molecular weight excluding hydrogens is 274 g/mol. The van der Waals surface area contributed by atoms with Crippen LogP contribution in [-0.2, 0) is 0 Å². The average Bonchev–Trinajstić information content (AvgIpc) is 2.97. The fourth-order valence-electron chi connectivity index (χ4n) is 2.05. The van der Waals surface area contributed by atoms with Crippen LogP contribution in [0.15, 0.2) is 54.9 Å². The van der Waals surface area contributed by atoms with Crippen LogP contribution in [0.4, 0.5) is 0 Å². The highest BCUT2D eigenvalue weighted by Crippen LogP contribution is 2.32. The van der Waals surface area contributed by atoms with Crippen molar-refractivity contribution < 1.29 is 4.74 Å². The minimum Gasteiger partial charge on any atom is -0.496 e. The molecule has 1 aromatic heterocycles. The summed E-state index contributed by atoms with van der Waals surface area (Å²) in [5.41, 5.74) is 1.84. The van der Waals surface area contributed by atoms with Crippen molar-refractivity contribution in [1.29, 1.82) is 0 Å². The summed E-state index contributed by atoms with van der Waals surface area (Å²) in [7, 11) is 1.61. The predicted molar refractivity (Wildman–Crippen MR) is 78.4 cm³/mol. The maximum absolute atomic E-state index is 5.99. The van der Waals surface area contributed by atoms with Crippen LogP contribution in [0.3, 0.4) is 0 Å². The van der Waals surface area contributed by atoms with E-state index in [9.17, 15) is 0 Å². The van der Waals surface area contributed by atoms with Crippen LogP contribution in [0.25, 0.3) is 17.1 Å². The Morgan fingerprint density at radius 2 is 1.90 bits per heavy atom. The molecular formula is C15H12ClN3O. The van der Waals surface area contributed by atoms with E-state index in [2.05, 4.69) is 10.2 Å². The molecule has 4 nitrogen and oxygen atoms in total. The number of para-hydroxylation sites is 1. The molecule has 0 amide bonds. The second-order valence-electron chi connectivity index (χ2n) is 4.20. The van der Waals surface area contributed by atoms with E-state index in [0.717, 1.165) is 11.3 Å². The second kappa shape index (κ2) is 5.35. The molecule has 0 N–H and O–H groups in total. The quantitative estimate of drug-likeness (QED) is 0.738. The number of aromatic nitrogens is 3. The van der Waals surface area contributed by atoms with Crippen molar-refractivity contribution in [1.82, 2.24) is 14.8 Å². The summed E-state index contributed by atoms with van der Waals surface area (Å²) in [5, 5.41) is 8.81. The van der Waals surface area contributed by atoms with Crippen molar-refractivity contribution >= 4 is 11.6 Å². The molecule has 0 aliphatic carbocycles. The third-order valence-electron chi connectivity index (χ3n) is 2.99. The van der Waals surface area contributed by atoms with Gasteiger partial charge in [0.2, 0.25) is 0 Å². The van der Waals surface area contributed by atoms with Gasteiger partial charge in [0.15, 0.2) is 5.82 Å². The highest BCUT2D eigenvalue weighted by atomic mass is 35.5. The number of ether oxygens (including phenoxy) is 1. The lowest BCUT2D eigenvalue weighted by molar-refractivity contribution is 0.416. The number of nitrogens with zero attached hydrogens (tertiary/aromatic N) is 3. The first-order valence-corrected chi connectivity index (χ1v) is 6.47. The minimum absolute atomic E-state index is 0.622. The molecule has 0 unspecified atom stereocenters. The standard InChI is InChI=1S/C15H12ClN3O/c1-20-14-9-11(16)7-8-13(14)15-18-17-10-19(15)12-5-3-2-4-6-12/h2-10H,1H3. The molecule has 0 saturated carbocycles. The lowest BCUT2D eigenvalue weighted by atomic mass is 10.2. The first kappa shape index (κ1) is 12.7. The van der Waals surface area contributed by atoms with Crippen LogP contribution in [0.1, 0.15) is 0 Å². The Balaban J connectivity index is 2.15. The SMILES string of the molecule is COc1cc(Cl)ccc1-c1nncn1-c1ccccc1. The van der Waals surface area contributed by atoms with Gasteiger partial charge in [-0.3, -0.25) is 4.57 Å². The Labute approximate surface area is 121 Å². The summed E-state index contributed by atoms with van der Waals surface area (Å²) < 4.78 is 7.28. The van der Waals surface area contributed by atoms with Gasteiger partial charge < -0.3 is 4.74 Å². The smallest absolute Gasteiger partial charge is 0.172 e. The van der Waals surface area contributed by atoms with Gasteiger partial charge in [0, 0.05) is 10.7 Å².